The van der Waals surface area contributed by atoms with Crippen LogP contribution in [0.3, 0.4) is 0 Å². The molecule has 0 bridgehead atoms. The van der Waals surface area contributed by atoms with Gasteiger partial charge in [-0.25, -0.2) is 13.2 Å². The molecule has 1 aromatic heterocycles. The third-order valence-electron chi connectivity index (χ3n) is 4.39. The Balaban J connectivity index is 1.65. The van der Waals surface area contributed by atoms with Crippen molar-refractivity contribution in [3.8, 4) is 5.88 Å². The molecule has 0 amide bonds. The zero-order valence-electron chi connectivity index (χ0n) is 15.9. The van der Waals surface area contributed by atoms with Crippen molar-refractivity contribution in [1.29, 1.82) is 0 Å². The maximum absolute atomic E-state index is 12.8. The van der Waals surface area contributed by atoms with E-state index in [2.05, 4.69) is 14.9 Å². The van der Waals surface area contributed by atoms with Crippen LogP contribution in [0.2, 0.25) is 0 Å². The third-order valence-corrected chi connectivity index (χ3v) is 6.27. The third kappa shape index (κ3) is 4.23. The van der Waals surface area contributed by atoms with Crippen molar-refractivity contribution in [3.63, 3.8) is 0 Å². The summed E-state index contributed by atoms with van der Waals surface area (Å²) in [4.78, 5) is 13.4. The van der Waals surface area contributed by atoms with E-state index in [4.69, 9.17) is 4.74 Å². The van der Waals surface area contributed by atoms with Gasteiger partial charge in [-0.05, 0) is 36.8 Å². The molecule has 1 aliphatic heterocycles. The highest BCUT2D eigenvalue weighted by molar-refractivity contribution is 7.89. The summed E-state index contributed by atoms with van der Waals surface area (Å²) in [5, 5.41) is 8.06. The van der Waals surface area contributed by atoms with Gasteiger partial charge in [0.2, 0.25) is 15.9 Å². The van der Waals surface area contributed by atoms with Crippen molar-refractivity contribution >= 4 is 21.8 Å². The molecule has 10 heteroatoms. The molecule has 2 aromatic rings. The minimum Gasteiger partial charge on any atom is -0.472 e. The van der Waals surface area contributed by atoms with E-state index in [1.807, 2.05) is 19.0 Å². The number of carbonyl (C=O) groups excluding carboxylic acids is 1. The molecule has 9 nitrogen and oxygen atoms in total. The molecule has 2 heterocycles. The Kier molecular flexibility index (Phi) is 5.80. The largest absolute Gasteiger partial charge is 0.472 e. The van der Waals surface area contributed by atoms with Crippen LogP contribution >= 0.6 is 0 Å². The Hall–Kier alpha value is -2.72. The van der Waals surface area contributed by atoms with Gasteiger partial charge in [0.15, 0.2) is 5.82 Å². The number of benzene rings is 1. The number of hydrogen-bond donors (Lipinski definition) is 0. The van der Waals surface area contributed by atoms with Crippen LogP contribution in [-0.2, 0) is 14.8 Å². The second-order valence-corrected chi connectivity index (χ2v) is 8.47. The number of ether oxygens (including phenoxy) is 2. The molecule has 1 aromatic carbocycles. The summed E-state index contributed by atoms with van der Waals surface area (Å²) in [7, 11) is 1.33. The summed E-state index contributed by atoms with van der Waals surface area (Å²) >= 11 is 0. The van der Waals surface area contributed by atoms with Crippen LogP contribution in [0.5, 0.6) is 5.88 Å². The molecule has 1 unspecified atom stereocenters. The monoisotopic (exact) mass is 406 g/mol. The lowest BCUT2D eigenvalue weighted by Crippen LogP contribution is -2.31. The van der Waals surface area contributed by atoms with Crippen molar-refractivity contribution in [2.45, 2.75) is 17.4 Å². The summed E-state index contributed by atoms with van der Waals surface area (Å²) in [6.07, 6.45) is 0.250. The topological polar surface area (TPSA) is 102 Å². The second-order valence-electron chi connectivity index (χ2n) is 6.53. The fraction of sp³-hybridized carbons (Fsp3) is 0.389. The zero-order chi connectivity index (χ0) is 20.3. The molecule has 1 fully saturated rings. The smallest absolute Gasteiger partial charge is 0.337 e. The van der Waals surface area contributed by atoms with Crippen LogP contribution in [-0.4, -0.2) is 69.3 Å². The van der Waals surface area contributed by atoms with Crippen molar-refractivity contribution < 1.29 is 22.7 Å². The Morgan fingerprint density at radius 2 is 1.86 bits per heavy atom. The minimum absolute atomic E-state index is 0.121. The lowest BCUT2D eigenvalue weighted by Gasteiger charge is -2.17. The van der Waals surface area contributed by atoms with Crippen LogP contribution in [0.4, 0.5) is 5.82 Å². The van der Waals surface area contributed by atoms with E-state index in [0.717, 1.165) is 0 Å². The summed E-state index contributed by atoms with van der Waals surface area (Å²) in [5.41, 5.74) is 0.295. The molecule has 1 aliphatic rings. The lowest BCUT2D eigenvalue weighted by molar-refractivity contribution is 0.0600. The molecule has 150 valence electrons. The second kappa shape index (κ2) is 8.11. The van der Waals surface area contributed by atoms with E-state index >= 15 is 0 Å². The number of anilines is 1. The van der Waals surface area contributed by atoms with E-state index in [0.29, 0.717) is 30.2 Å². The van der Waals surface area contributed by atoms with Crippen molar-refractivity contribution in [2.24, 2.45) is 0 Å². The highest BCUT2D eigenvalue weighted by Crippen LogP contribution is 2.24. The highest BCUT2D eigenvalue weighted by atomic mass is 32.2. The maximum atomic E-state index is 12.8. The van der Waals surface area contributed by atoms with Crippen molar-refractivity contribution in [2.75, 3.05) is 39.2 Å². The Labute approximate surface area is 163 Å². The van der Waals surface area contributed by atoms with Crippen molar-refractivity contribution in [1.82, 2.24) is 14.5 Å². The Morgan fingerprint density at radius 3 is 2.43 bits per heavy atom. The quantitative estimate of drug-likeness (QED) is 0.659. The van der Waals surface area contributed by atoms with Crippen LogP contribution in [0, 0.1) is 0 Å². The van der Waals surface area contributed by atoms with Gasteiger partial charge in [-0.15, -0.1) is 10.2 Å². The number of nitrogens with zero attached hydrogens (tertiary/aromatic N) is 4. The number of sulfonamides is 1. The van der Waals surface area contributed by atoms with Gasteiger partial charge in [0.05, 0.1) is 24.1 Å². The van der Waals surface area contributed by atoms with Crippen molar-refractivity contribution in [3.05, 3.63) is 42.0 Å². The average molecular weight is 406 g/mol. The summed E-state index contributed by atoms with van der Waals surface area (Å²) in [6, 6.07) is 9.18. The van der Waals surface area contributed by atoms with Gasteiger partial charge in [-0.1, -0.05) is 0 Å². The van der Waals surface area contributed by atoms with Crippen LogP contribution in [0.25, 0.3) is 0 Å². The molecule has 1 atom stereocenters. The fourth-order valence-corrected chi connectivity index (χ4v) is 4.31. The van der Waals surface area contributed by atoms with E-state index < -0.39 is 16.0 Å². The first kappa shape index (κ1) is 20.0. The molecule has 0 aliphatic carbocycles. The van der Waals surface area contributed by atoms with Crippen LogP contribution in [0.15, 0.2) is 41.3 Å². The number of carbonyl (C=O) groups is 1. The molecule has 28 heavy (non-hydrogen) atoms. The SMILES string of the molecule is COC(=O)c1ccc(S(=O)(=O)N2CCC(Oc3ccc(N(C)C)nn3)C2)cc1. The standard InChI is InChI=1S/C18H22N4O5S/c1-21(2)16-8-9-17(20-19-16)27-14-10-11-22(12-14)28(24,25)15-6-4-13(5-7-15)18(23)26-3/h4-9,14H,10-12H2,1-3H3. The molecular formula is C18H22N4O5S. The molecule has 1 saturated heterocycles. The summed E-state index contributed by atoms with van der Waals surface area (Å²) in [5.74, 6) is 0.552. The predicted molar refractivity (Wildman–Crippen MR) is 102 cm³/mol. The van der Waals surface area contributed by atoms with E-state index in [1.165, 1.54) is 35.7 Å². The Bertz CT molecular complexity index is 929. The zero-order valence-corrected chi connectivity index (χ0v) is 16.7. The maximum Gasteiger partial charge on any atom is 0.337 e. The summed E-state index contributed by atoms with van der Waals surface area (Å²) in [6.45, 7) is 0.563. The molecule has 0 saturated carbocycles. The van der Waals surface area contributed by atoms with E-state index in [9.17, 15) is 13.2 Å². The van der Waals surface area contributed by atoms with Gasteiger partial charge in [-0.2, -0.15) is 4.31 Å². The van der Waals surface area contributed by atoms with Gasteiger partial charge >= 0.3 is 5.97 Å². The van der Waals surface area contributed by atoms with Gasteiger partial charge in [0.1, 0.15) is 6.10 Å². The molecule has 0 radical (unpaired) electrons. The van der Waals surface area contributed by atoms with Gasteiger partial charge in [0, 0.05) is 26.7 Å². The number of hydrogen-bond acceptors (Lipinski definition) is 8. The normalized spacial score (nSPS) is 17.3. The Morgan fingerprint density at radius 1 is 1.14 bits per heavy atom. The highest BCUT2D eigenvalue weighted by Gasteiger charge is 2.34. The number of aromatic nitrogens is 2. The van der Waals surface area contributed by atoms with E-state index in [1.54, 1.807) is 12.1 Å². The lowest BCUT2D eigenvalue weighted by atomic mass is 10.2. The minimum atomic E-state index is -3.67. The fourth-order valence-electron chi connectivity index (χ4n) is 2.83. The predicted octanol–water partition coefficient (Wildman–Crippen LogP) is 1.17. The van der Waals surface area contributed by atoms with Gasteiger partial charge < -0.3 is 14.4 Å². The molecule has 0 N–H and O–H groups in total. The van der Waals surface area contributed by atoms with Crippen LogP contribution < -0.4 is 9.64 Å². The number of rotatable bonds is 6. The molecule has 3 rings (SSSR count). The first-order chi connectivity index (χ1) is 13.3. The molecular weight excluding hydrogens is 384 g/mol. The summed E-state index contributed by atoms with van der Waals surface area (Å²) < 4.78 is 37.4. The number of methoxy groups -OCH3 is 1. The van der Waals surface area contributed by atoms with Gasteiger partial charge in [0.25, 0.3) is 0 Å². The number of esters is 1. The molecule has 0 spiro atoms. The van der Waals surface area contributed by atoms with E-state index in [-0.39, 0.29) is 17.5 Å². The first-order valence-electron chi connectivity index (χ1n) is 8.67. The van der Waals surface area contributed by atoms with Crippen LogP contribution in [0.1, 0.15) is 16.8 Å². The average Bonchev–Trinajstić information content (AvgIpc) is 3.17. The first-order valence-corrected chi connectivity index (χ1v) is 10.1. The van der Waals surface area contributed by atoms with Gasteiger partial charge in [-0.3, -0.25) is 0 Å².